The van der Waals surface area contributed by atoms with Crippen molar-refractivity contribution in [1.29, 1.82) is 0 Å². The standard InChI is InChI=1S/C20H28N2/c1-6-21-18-16(17-11-12-20(18,5)19(17,3)4)13-22(21)15-9-7-14(2)8-10-15/h7-10,17H,6,11-13H2,1-5H3/t17-,20+/m1/s1. The molecule has 1 saturated carbocycles. The molecule has 0 aromatic heterocycles. The van der Waals surface area contributed by atoms with Crippen molar-refractivity contribution in [2.75, 3.05) is 18.1 Å². The minimum atomic E-state index is 0.350. The third kappa shape index (κ3) is 1.51. The van der Waals surface area contributed by atoms with Crippen LogP contribution in [-0.4, -0.2) is 18.1 Å². The van der Waals surface area contributed by atoms with E-state index in [4.69, 9.17) is 0 Å². The van der Waals surface area contributed by atoms with Crippen LogP contribution < -0.4 is 5.01 Å². The molecule has 3 aliphatic rings. The van der Waals surface area contributed by atoms with Crippen molar-refractivity contribution in [3.8, 4) is 0 Å². The first kappa shape index (κ1) is 14.2. The van der Waals surface area contributed by atoms with Gasteiger partial charge in [-0.05, 0) is 55.7 Å². The van der Waals surface area contributed by atoms with E-state index in [9.17, 15) is 0 Å². The molecular formula is C20H28N2. The molecule has 2 heteroatoms. The van der Waals surface area contributed by atoms with E-state index in [-0.39, 0.29) is 0 Å². The van der Waals surface area contributed by atoms with Gasteiger partial charge in [0.05, 0.1) is 12.2 Å². The SMILES string of the molecule is CCN1C2=C(CN1c1ccc(C)cc1)[C@H]1CC[C@]2(C)C1(C)C. The van der Waals surface area contributed by atoms with Gasteiger partial charge in [0.1, 0.15) is 0 Å². The number of allylic oxidation sites excluding steroid dienone is 1. The number of anilines is 1. The maximum absolute atomic E-state index is 2.57. The summed E-state index contributed by atoms with van der Waals surface area (Å²) in [6.07, 6.45) is 2.73. The summed E-state index contributed by atoms with van der Waals surface area (Å²) < 4.78 is 0. The highest BCUT2D eigenvalue weighted by molar-refractivity contribution is 5.55. The summed E-state index contributed by atoms with van der Waals surface area (Å²) in [5, 5.41) is 5.08. The zero-order valence-electron chi connectivity index (χ0n) is 14.6. The summed E-state index contributed by atoms with van der Waals surface area (Å²) in [5.41, 5.74) is 6.81. The molecule has 0 spiro atoms. The molecule has 2 bridgehead atoms. The summed E-state index contributed by atoms with van der Waals surface area (Å²) in [5.74, 6) is 0.775. The first-order valence-corrected chi connectivity index (χ1v) is 8.75. The van der Waals surface area contributed by atoms with Gasteiger partial charge in [-0.1, -0.05) is 38.5 Å². The minimum absolute atomic E-state index is 0.350. The maximum atomic E-state index is 2.57. The molecule has 2 atom stereocenters. The van der Waals surface area contributed by atoms with Gasteiger partial charge < -0.3 is 0 Å². The number of fused-ring (bicyclic) bond motifs is 4. The van der Waals surface area contributed by atoms with Gasteiger partial charge in [0.25, 0.3) is 0 Å². The van der Waals surface area contributed by atoms with Crippen molar-refractivity contribution in [1.82, 2.24) is 5.01 Å². The Balaban J connectivity index is 1.75. The first-order valence-electron chi connectivity index (χ1n) is 8.75. The predicted molar refractivity (Wildman–Crippen MR) is 92.5 cm³/mol. The van der Waals surface area contributed by atoms with E-state index in [2.05, 4.69) is 68.9 Å². The Labute approximate surface area is 134 Å². The second-order valence-corrected chi connectivity index (χ2v) is 8.13. The van der Waals surface area contributed by atoms with Gasteiger partial charge >= 0.3 is 0 Å². The molecule has 0 unspecified atom stereocenters. The fraction of sp³-hybridized carbons (Fsp3) is 0.600. The molecule has 1 aromatic carbocycles. The van der Waals surface area contributed by atoms with E-state index in [1.807, 2.05) is 0 Å². The Hall–Kier alpha value is -1.44. The van der Waals surface area contributed by atoms with Crippen LogP contribution in [0.15, 0.2) is 35.5 Å². The van der Waals surface area contributed by atoms with Gasteiger partial charge in [-0.3, -0.25) is 10.0 Å². The third-order valence-electron chi connectivity index (χ3n) is 6.97. The highest BCUT2D eigenvalue weighted by Gasteiger charge is 2.64. The van der Waals surface area contributed by atoms with Crippen molar-refractivity contribution in [3.63, 3.8) is 0 Å². The summed E-state index contributed by atoms with van der Waals surface area (Å²) in [7, 11) is 0. The number of nitrogens with zero attached hydrogens (tertiary/aromatic N) is 2. The van der Waals surface area contributed by atoms with Crippen LogP contribution in [-0.2, 0) is 0 Å². The predicted octanol–water partition coefficient (Wildman–Crippen LogP) is 4.76. The molecular weight excluding hydrogens is 268 g/mol. The van der Waals surface area contributed by atoms with Gasteiger partial charge in [-0.15, -0.1) is 0 Å². The van der Waals surface area contributed by atoms with Crippen LogP contribution in [0.5, 0.6) is 0 Å². The molecule has 1 aromatic rings. The molecule has 1 fully saturated rings. The normalized spacial score (nSPS) is 32.1. The number of rotatable bonds is 2. The van der Waals surface area contributed by atoms with E-state index in [1.165, 1.54) is 24.1 Å². The van der Waals surface area contributed by atoms with Crippen LogP contribution >= 0.6 is 0 Å². The molecule has 0 amide bonds. The Kier molecular flexibility index (Phi) is 2.77. The van der Waals surface area contributed by atoms with Crippen molar-refractivity contribution >= 4 is 5.69 Å². The van der Waals surface area contributed by atoms with Gasteiger partial charge in [0.2, 0.25) is 0 Å². The lowest BCUT2D eigenvalue weighted by molar-refractivity contribution is 0.126. The maximum Gasteiger partial charge on any atom is 0.0630 e. The quantitative estimate of drug-likeness (QED) is 0.776. The second-order valence-electron chi connectivity index (χ2n) is 8.13. The van der Waals surface area contributed by atoms with Crippen LogP contribution in [0.3, 0.4) is 0 Å². The van der Waals surface area contributed by atoms with Crippen molar-refractivity contribution in [3.05, 3.63) is 41.1 Å². The van der Waals surface area contributed by atoms with Gasteiger partial charge in [0.15, 0.2) is 0 Å². The number of benzene rings is 1. The van der Waals surface area contributed by atoms with Crippen LogP contribution in [0.4, 0.5) is 5.69 Å². The van der Waals surface area contributed by atoms with Crippen molar-refractivity contribution in [2.45, 2.75) is 47.5 Å². The topological polar surface area (TPSA) is 6.48 Å². The van der Waals surface area contributed by atoms with Gasteiger partial charge in [0, 0.05) is 17.7 Å². The zero-order chi connectivity index (χ0) is 15.7. The van der Waals surface area contributed by atoms with E-state index >= 15 is 0 Å². The molecule has 1 aliphatic heterocycles. The monoisotopic (exact) mass is 296 g/mol. The fourth-order valence-corrected chi connectivity index (χ4v) is 5.33. The molecule has 1 heterocycles. The number of hydrogen-bond donors (Lipinski definition) is 0. The largest absolute Gasteiger partial charge is 0.289 e. The van der Waals surface area contributed by atoms with Gasteiger partial charge in [-0.2, -0.15) is 0 Å². The van der Waals surface area contributed by atoms with E-state index in [1.54, 1.807) is 11.3 Å². The Morgan fingerprint density at radius 1 is 1.14 bits per heavy atom. The Bertz CT molecular complexity index is 640. The number of hydrogen-bond acceptors (Lipinski definition) is 2. The lowest BCUT2D eigenvalue weighted by Gasteiger charge is -2.44. The van der Waals surface area contributed by atoms with Crippen molar-refractivity contribution < 1.29 is 0 Å². The summed E-state index contributed by atoms with van der Waals surface area (Å²) in [6, 6.07) is 9.00. The molecule has 0 radical (unpaired) electrons. The summed E-state index contributed by atoms with van der Waals surface area (Å²) >= 11 is 0. The Morgan fingerprint density at radius 2 is 1.82 bits per heavy atom. The molecule has 118 valence electrons. The molecule has 22 heavy (non-hydrogen) atoms. The van der Waals surface area contributed by atoms with Crippen LogP contribution in [0, 0.1) is 23.7 Å². The molecule has 2 aliphatic carbocycles. The smallest absolute Gasteiger partial charge is 0.0630 e. The first-order chi connectivity index (χ1) is 10.4. The minimum Gasteiger partial charge on any atom is -0.289 e. The van der Waals surface area contributed by atoms with E-state index < -0.39 is 0 Å². The molecule has 2 nitrogen and oxygen atoms in total. The number of aryl methyl sites for hydroxylation is 1. The van der Waals surface area contributed by atoms with E-state index in [0.29, 0.717) is 10.8 Å². The highest BCUT2D eigenvalue weighted by atomic mass is 15.6. The van der Waals surface area contributed by atoms with Crippen molar-refractivity contribution in [2.24, 2.45) is 16.7 Å². The van der Waals surface area contributed by atoms with Crippen LogP contribution in [0.25, 0.3) is 0 Å². The zero-order valence-corrected chi connectivity index (χ0v) is 14.6. The highest BCUT2D eigenvalue weighted by Crippen LogP contribution is 2.69. The fourth-order valence-electron chi connectivity index (χ4n) is 5.33. The third-order valence-corrected chi connectivity index (χ3v) is 6.97. The molecule has 0 saturated heterocycles. The second kappa shape index (κ2) is 4.31. The summed E-state index contributed by atoms with van der Waals surface area (Å²) in [6.45, 7) is 14.1. The van der Waals surface area contributed by atoms with E-state index in [0.717, 1.165) is 19.0 Å². The van der Waals surface area contributed by atoms with Crippen LogP contribution in [0.2, 0.25) is 0 Å². The molecule has 0 N–H and O–H groups in total. The lowest BCUT2D eigenvalue weighted by Crippen LogP contribution is -2.45. The number of hydrazine groups is 1. The average Bonchev–Trinajstić information content (AvgIpc) is 3.02. The van der Waals surface area contributed by atoms with Crippen LogP contribution in [0.1, 0.15) is 46.1 Å². The lowest BCUT2D eigenvalue weighted by atomic mass is 9.69. The summed E-state index contributed by atoms with van der Waals surface area (Å²) in [4.78, 5) is 0. The average molecular weight is 296 g/mol. The Morgan fingerprint density at radius 3 is 2.45 bits per heavy atom. The molecule has 4 rings (SSSR count). The van der Waals surface area contributed by atoms with Gasteiger partial charge in [-0.25, -0.2) is 0 Å².